The van der Waals surface area contributed by atoms with E-state index >= 15 is 0 Å². The first kappa shape index (κ1) is 17.5. The third kappa shape index (κ3) is 5.09. The summed E-state index contributed by atoms with van der Waals surface area (Å²) in [5.74, 6) is 0.229. The van der Waals surface area contributed by atoms with Gasteiger partial charge in [0.05, 0.1) is 16.9 Å². The van der Waals surface area contributed by atoms with Gasteiger partial charge in [0.1, 0.15) is 10.7 Å². The fourth-order valence-electron chi connectivity index (χ4n) is 1.86. The minimum absolute atomic E-state index is 0.0187. The molecule has 0 aliphatic carbocycles. The van der Waals surface area contributed by atoms with Crippen LogP contribution in [0, 0.1) is 0 Å². The molecule has 2 N–H and O–H groups in total. The van der Waals surface area contributed by atoms with E-state index in [1.807, 2.05) is 0 Å². The first-order chi connectivity index (χ1) is 11.0. The lowest BCUT2D eigenvalue weighted by Crippen LogP contribution is -2.14. The molecule has 0 aliphatic heterocycles. The van der Waals surface area contributed by atoms with E-state index in [2.05, 4.69) is 15.0 Å². The van der Waals surface area contributed by atoms with Crippen LogP contribution >= 0.6 is 11.6 Å². The number of pyridine rings is 1. The molecule has 1 heterocycles. The lowest BCUT2D eigenvalue weighted by molar-refractivity contribution is 0.198. The molecule has 23 heavy (non-hydrogen) atoms. The number of aromatic nitrogens is 1. The molecule has 2 aromatic rings. The van der Waals surface area contributed by atoms with E-state index in [0.29, 0.717) is 6.61 Å². The minimum atomic E-state index is -3.76. The molecule has 6 nitrogen and oxygen atoms in total. The molecule has 8 heteroatoms. The second-order valence-electron chi connectivity index (χ2n) is 4.74. The molecule has 1 aromatic heterocycles. The van der Waals surface area contributed by atoms with Crippen LogP contribution in [-0.4, -0.2) is 33.7 Å². The Bertz CT molecular complexity index is 736. The van der Waals surface area contributed by atoms with Crippen molar-refractivity contribution in [2.24, 2.45) is 0 Å². The summed E-state index contributed by atoms with van der Waals surface area (Å²) in [6.07, 6.45) is 2.44. The van der Waals surface area contributed by atoms with Crippen molar-refractivity contribution in [3.8, 4) is 0 Å². The highest BCUT2D eigenvalue weighted by Crippen LogP contribution is 2.22. The molecule has 0 saturated carbocycles. The van der Waals surface area contributed by atoms with Crippen molar-refractivity contribution < 1.29 is 13.2 Å². The quantitative estimate of drug-likeness (QED) is 0.711. The Hall–Kier alpha value is -1.83. The van der Waals surface area contributed by atoms with Crippen molar-refractivity contribution in [1.82, 2.24) is 4.98 Å². The van der Waals surface area contributed by atoms with Gasteiger partial charge in [0.2, 0.25) is 0 Å². The van der Waals surface area contributed by atoms with Crippen molar-refractivity contribution in [3.05, 3.63) is 47.6 Å². The molecule has 0 radical (unpaired) electrons. The number of hydrogen-bond acceptors (Lipinski definition) is 5. The molecule has 0 unspecified atom stereocenters. The number of benzene rings is 1. The summed E-state index contributed by atoms with van der Waals surface area (Å²) in [6.45, 7) is 1.43. The Morgan fingerprint density at radius 3 is 2.65 bits per heavy atom. The van der Waals surface area contributed by atoms with Crippen LogP contribution in [0.15, 0.2) is 47.5 Å². The van der Waals surface area contributed by atoms with Gasteiger partial charge in [0, 0.05) is 20.3 Å². The molecule has 0 aliphatic rings. The Morgan fingerprint density at radius 2 is 2.00 bits per heavy atom. The van der Waals surface area contributed by atoms with Crippen LogP contribution in [0.5, 0.6) is 0 Å². The SMILES string of the molecule is COCCCNc1ccc(NS(=O)(=O)c2ccccc2Cl)nc1. The zero-order valence-corrected chi connectivity index (χ0v) is 14.2. The van der Waals surface area contributed by atoms with E-state index in [4.69, 9.17) is 16.3 Å². The number of ether oxygens (including phenoxy) is 1. The number of rotatable bonds is 8. The third-order valence-electron chi connectivity index (χ3n) is 2.98. The van der Waals surface area contributed by atoms with Crippen molar-refractivity contribution >= 4 is 33.1 Å². The van der Waals surface area contributed by atoms with Gasteiger partial charge in [-0.05, 0) is 30.7 Å². The van der Waals surface area contributed by atoms with Crippen molar-refractivity contribution in [1.29, 1.82) is 0 Å². The number of methoxy groups -OCH3 is 1. The normalized spacial score (nSPS) is 11.2. The minimum Gasteiger partial charge on any atom is -0.385 e. The zero-order valence-electron chi connectivity index (χ0n) is 12.6. The van der Waals surface area contributed by atoms with Crippen LogP contribution in [0.25, 0.3) is 0 Å². The number of hydrogen-bond donors (Lipinski definition) is 2. The van der Waals surface area contributed by atoms with Gasteiger partial charge in [-0.1, -0.05) is 23.7 Å². The van der Waals surface area contributed by atoms with E-state index in [0.717, 1.165) is 18.7 Å². The molecule has 0 atom stereocenters. The second-order valence-corrected chi connectivity index (χ2v) is 6.80. The average Bonchev–Trinajstić information content (AvgIpc) is 2.53. The first-order valence-corrected chi connectivity index (χ1v) is 8.85. The first-order valence-electron chi connectivity index (χ1n) is 6.99. The Kier molecular flexibility index (Phi) is 6.20. The lowest BCUT2D eigenvalue weighted by Gasteiger charge is -2.10. The third-order valence-corrected chi connectivity index (χ3v) is 4.84. The summed E-state index contributed by atoms with van der Waals surface area (Å²) in [5, 5.41) is 3.33. The van der Waals surface area contributed by atoms with E-state index < -0.39 is 10.0 Å². The fraction of sp³-hybridized carbons (Fsp3) is 0.267. The highest BCUT2D eigenvalue weighted by molar-refractivity contribution is 7.92. The van der Waals surface area contributed by atoms with E-state index in [1.54, 1.807) is 37.6 Å². The van der Waals surface area contributed by atoms with Crippen LogP contribution in [0.2, 0.25) is 5.02 Å². The molecule has 2 rings (SSSR count). The van der Waals surface area contributed by atoms with Gasteiger partial charge in [-0.15, -0.1) is 0 Å². The van der Waals surface area contributed by atoms with Gasteiger partial charge in [-0.3, -0.25) is 4.72 Å². The maximum atomic E-state index is 12.3. The summed E-state index contributed by atoms with van der Waals surface area (Å²) in [5.41, 5.74) is 0.807. The van der Waals surface area contributed by atoms with Gasteiger partial charge in [0.15, 0.2) is 0 Å². The Labute approximate surface area is 140 Å². The van der Waals surface area contributed by atoms with Crippen molar-refractivity contribution in [3.63, 3.8) is 0 Å². The maximum Gasteiger partial charge on any atom is 0.264 e. The molecular formula is C15H18ClN3O3S. The predicted octanol–water partition coefficient (Wildman–Crippen LogP) is 2.98. The van der Waals surface area contributed by atoms with Gasteiger partial charge < -0.3 is 10.1 Å². The molecule has 0 saturated heterocycles. The molecule has 124 valence electrons. The van der Waals surface area contributed by atoms with E-state index in [1.165, 1.54) is 12.1 Å². The summed E-state index contributed by atoms with van der Waals surface area (Å²) in [7, 11) is -2.11. The summed E-state index contributed by atoms with van der Waals surface area (Å²) < 4.78 is 31.9. The molecular weight excluding hydrogens is 338 g/mol. The largest absolute Gasteiger partial charge is 0.385 e. The topological polar surface area (TPSA) is 80.3 Å². The number of anilines is 2. The molecule has 0 spiro atoms. The summed E-state index contributed by atoms with van der Waals surface area (Å²) in [6, 6.07) is 9.59. The fourth-order valence-corrected chi connectivity index (χ4v) is 3.39. The monoisotopic (exact) mass is 355 g/mol. The standard InChI is InChI=1S/C15H18ClN3O3S/c1-22-10-4-9-17-12-7-8-15(18-11-12)19-23(20,21)14-6-3-2-5-13(14)16/h2-3,5-8,11,17H,4,9-10H2,1H3,(H,18,19). The highest BCUT2D eigenvalue weighted by Gasteiger charge is 2.17. The number of halogens is 1. The van der Waals surface area contributed by atoms with Gasteiger partial charge in [0.25, 0.3) is 10.0 Å². The summed E-state index contributed by atoms with van der Waals surface area (Å²) >= 11 is 5.92. The predicted molar refractivity (Wildman–Crippen MR) is 91.5 cm³/mol. The highest BCUT2D eigenvalue weighted by atomic mass is 35.5. The van der Waals surface area contributed by atoms with Crippen LogP contribution < -0.4 is 10.0 Å². The molecule has 0 fully saturated rings. The van der Waals surface area contributed by atoms with Gasteiger partial charge >= 0.3 is 0 Å². The summed E-state index contributed by atoms with van der Waals surface area (Å²) in [4.78, 5) is 4.11. The zero-order chi connectivity index (χ0) is 16.7. The maximum absolute atomic E-state index is 12.3. The number of sulfonamides is 1. The number of nitrogens with one attached hydrogen (secondary N) is 2. The van der Waals surface area contributed by atoms with E-state index in [9.17, 15) is 8.42 Å². The van der Waals surface area contributed by atoms with Crippen molar-refractivity contribution in [2.45, 2.75) is 11.3 Å². The van der Waals surface area contributed by atoms with E-state index in [-0.39, 0.29) is 15.7 Å². The van der Waals surface area contributed by atoms with Crippen LogP contribution in [0.3, 0.4) is 0 Å². The molecule has 0 amide bonds. The molecule has 0 bridgehead atoms. The second kappa shape index (κ2) is 8.14. The lowest BCUT2D eigenvalue weighted by atomic mass is 10.4. The van der Waals surface area contributed by atoms with Crippen LogP contribution in [0.1, 0.15) is 6.42 Å². The number of nitrogens with zero attached hydrogens (tertiary/aromatic N) is 1. The Morgan fingerprint density at radius 1 is 1.22 bits per heavy atom. The average molecular weight is 356 g/mol. The Balaban J connectivity index is 2.02. The smallest absolute Gasteiger partial charge is 0.264 e. The van der Waals surface area contributed by atoms with Gasteiger partial charge in [-0.2, -0.15) is 0 Å². The van der Waals surface area contributed by atoms with Crippen molar-refractivity contribution in [2.75, 3.05) is 30.3 Å². The van der Waals surface area contributed by atoms with Crippen LogP contribution in [-0.2, 0) is 14.8 Å². The van der Waals surface area contributed by atoms with Crippen LogP contribution in [0.4, 0.5) is 11.5 Å². The van der Waals surface area contributed by atoms with Gasteiger partial charge in [-0.25, -0.2) is 13.4 Å². The molecule has 1 aromatic carbocycles.